The maximum absolute atomic E-state index is 14.0. The maximum Gasteiger partial charge on any atom is 0.416 e. The molecule has 1 aliphatic rings. The number of azide groups is 1. The number of alkyl halides is 3. The number of rotatable bonds is 10. The van der Waals surface area contributed by atoms with Crippen molar-refractivity contribution in [1.29, 1.82) is 0 Å². The highest BCUT2D eigenvalue weighted by Gasteiger charge is 2.34. The van der Waals surface area contributed by atoms with Crippen LogP contribution in [0.3, 0.4) is 0 Å². The molecule has 0 bridgehead atoms. The second-order valence-electron chi connectivity index (χ2n) is 10.9. The van der Waals surface area contributed by atoms with Crippen LogP contribution >= 0.6 is 22.6 Å². The van der Waals surface area contributed by atoms with Crippen molar-refractivity contribution in [3.63, 3.8) is 0 Å². The summed E-state index contributed by atoms with van der Waals surface area (Å²) in [5.74, 6) is -0.540. The molecule has 1 fully saturated rings. The lowest BCUT2D eigenvalue weighted by molar-refractivity contribution is -0.138. The van der Waals surface area contributed by atoms with Crippen molar-refractivity contribution >= 4 is 40.3 Å². The van der Waals surface area contributed by atoms with E-state index >= 15 is 0 Å². The Morgan fingerprint density at radius 2 is 1.71 bits per heavy atom. The minimum absolute atomic E-state index is 0.0500. The van der Waals surface area contributed by atoms with E-state index < -0.39 is 29.3 Å². The Labute approximate surface area is 256 Å². The molecule has 0 radical (unpaired) electrons. The Kier molecular flexibility index (Phi) is 11.9. The normalized spacial score (nSPS) is 14.6. The van der Waals surface area contributed by atoms with E-state index in [0.717, 1.165) is 24.6 Å². The Morgan fingerprint density at radius 1 is 1.05 bits per heavy atom. The molecular weight excluding hydrogens is 666 g/mol. The average Bonchev–Trinajstić information content (AvgIpc) is 2.90. The molecule has 0 saturated carbocycles. The quantitative estimate of drug-likeness (QED) is 0.0976. The molecule has 228 valence electrons. The topological polar surface area (TPSA) is 123 Å². The molecule has 0 atom stereocenters. The first-order valence-electron chi connectivity index (χ1n) is 13.5. The van der Waals surface area contributed by atoms with Crippen molar-refractivity contribution in [2.75, 3.05) is 44.6 Å². The molecule has 0 aliphatic carbocycles. The third-order valence-electron chi connectivity index (χ3n) is 6.47. The van der Waals surface area contributed by atoms with Gasteiger partial charge in [0.25, 0.3) is 5.91 Å². The summed E-state index contributed by atoms with van der Waals surface area (Å²) >= 11 is 2.01. The van der Waals surface area contributed by atoms with Gasteiger partial charge in [-0.1, -0.05) is 17.2 Å². The summed E-state index contributed by atoms with van der Waals surface area (Å²) in [7, 11) is 0. The Bertz CT molecular complexity index is 1300. The number of anilines is 1. The van der Waals surface area contributed by atoms with Crippen molar-refractivity contribution in [2.45, 2.75) is 52.1 Å². The summed E-state index contributed by atoms with van der Waals surface area (Å²) in [6.45, 7) is 9.57. The zero-order valence-corrected chi connectivity index (χ0v) is 26.0. The van der Waals surface area contributed by atoms with E-state index in [1.54, 1.807) is 32.9 Å². The van der Waals surface area contributed by atoms with Gasteiger partial charge in [-0.05, 0) is 97.3 Å². The van der Waals surface area contributed by atoms with Crippen LogP contribution in [-0.4, -0.2) is 66.7 Å². The average molecular weight is 702 g/mol. The van der Waals surface area contributed by atoms with Crippen molar-refractivity contribution in [2.24, 2.45) is 5.11 Å². The lowest BCUT2D eigenvalue weighted by atomic mass is 10.0. The third kappa shape index (κ3) is 10.6. The fourth-order valence-corrected chi connectivity index (χ4v) is 5.09. The van der Waals surface area contributed by atoms with E-state index in [4.69, 9.17) is 10.3 Å². The van der Waals surface area contributed by atoms with Crippen LogP contribution in [0.4, 0.5) is 23.7 Å². The van der Waals surface area contributed by atoms with Gasteiger partial charge in [0.05, 0.1) is 12.1 Å². The molecule has 2 aromatic rings. The molecule has 1 aliphatic heterocycles. The SMILES string of the molecule is CC(C)(C)OC(=O)NCCCN1CCN(Cc2ccc(NC(=O)c3ccc(CN=[N+]=[N-])c(I)c3)cc2C(F)(F)F)CC1. The molecule has 2 aromatic carbocycles. The van der Waals surface area contributed by atoms with Crippen molar-refractivity contribution in [1.82, 2.24) is 15.1 Å². The molecule has 2 amide bonds. The number of carbonyl (C=O) groups is 2. The van der Waals surface area contributed by atoms with Crippen LogP contribution in [0, 0.1) is 3.57 Å². The third-order valence-corrected chi connectivity index (χ3v) is 7.48. The maximum atomic E-state index is 14.0. The predicted molar refractivity (Wildman–Crippen MR) is 162 cm³/mol. The highest BCUT2D eigenvalue weighted by Crippen LogP contribution is 2.35. The van der Waals surface area contributed by atoms with Gasteiger partial charge in [-0.25, -0.2) is 4.79 Å². The number of nitrogens with one attached hydrogen (secondary N) is 2. The number of benzene rings is 2. The molecule has 10 nitrogen and oxygen atoms in total. The summed E-state index contributed by atoms with van der Waals surface area (Å²) in [4.78, 5) is 31.4. The fraction of sp³-hybridized carbons (Fsp3) is 0.500. The fourth-order valence-electron chi connectivity index (χ4n) is 4.40. The number of carbonyl (C=O) groups excluding carboxylic acids is 2. The first-order valence-corrected chi connectivity index (χ1v) is 14.6. The molecule has 1 saturated heterocycles. The lowest BCUT2D eigenvalue weighted by Crippen LogP contribution is -2.46. The van der Waals surface area contributed by atoms with Gasteiger partial charge in [0.2, 0.25) is 0 Å². The minimum Gasteiger partial charge on any atom is -0.444 e. The van der Waals surface area contributed by atoms with E-state index in [0.29, 0.717) is 36.3 Å². The van der Waals surface area contributed by atoms with E-state index in [2.05, 4.69) is 25.6 Å². The summed E-state index contributed by atoms with van der Waals surface area (Å²) in [5, 5.41) is 8.80. The van der Waals surface area contributed by atoms with E-state index in [9.17, 15) is 22.8 Å². The molecule has 0 spiro atoms. The van der Waals surface area contributed by atoms with Crippen molar-refractivity contribution < 1.29 is 27.5 Å². The number of ether oxygens (including phenoxy) is 1. The molecule has 3 rings (SSSR count). The van der Waals surface area contributed by atoms with Crippen LogP contribution in [0.15, 0.2) is 41.5 Å². The Balaban J connectivity index is 1.54. The molecule has 1 heterocycles. The number of amides is 2. The zero-order valence-electron chi connectivity index (χ0n) is 23.8. The second kappa shape index (κ2) is 14.9. The van der Waals surface area contributed by atoms with Crippen LogP contribution in [0.1, 0.15) is 54.2 Å². The second-order valence-corrected chi connectivity index (χ2v) is 12.1. The van der Waals surface area contributed by atoms with E-state index in [-0.39, 0.29) is 29.9 Å². The number of nitrogens with zero attached hydrogens (tertiary/aromatic N) is 5. The van der Waals surface area contributed by atoms with Crippen LogP contribution in [0.25, 0.3) is 10.4 Å². The largest absolute Gasteiger partial charge is 0.444 e. The van der Waals surface area contributed by atoms with Crippen molar-refractivity contribution in [3.8, 4) is 0 Å². The number of alkyl carbamates (subject to hydrolysis) is 1. The van der Waals surface area contributed by atoms with Gasteiger partial charge in [-0.15, -0.1) is 0 Å². The highest BCUT2D eigenvalue weighted by atomic mass is 127. The first-order chi connectivity index (χ1) is 19.7. The van der Waals surface area contributed by atoms with Gasteiger partial charge < -0.3 is 20.3 Å². The molecule has 42 heavy (non-hydrogen) atoms. The summed E-state index contributed by atoms with van der Waals surface area (Å²) in [5.41, 5.74) is 8.37. The number of hydrogen-bond donors (Lipinski definition) is 2. The summed E-state index contributed by atoms with van der Waals surface area (Å²) in [6.07, 6.45) is -4.30. The minimum atomic E-state index is -4.59. The molecule has 0 unspecified atom stereocenters. The molecule has 14 heteroatoms. The smallest absolute Gasteiger partial charge is 0.416 e. The van der Waals surface area contributed by atoms with Gasteiger partial charge in [-0.3, -0.25) is 9.69 Å². The van der Waals surface area contributed by atoms with Crippen LogP contribution in [0.2, 0.25) is 0 Å². The Morgan fingerprint density at radius 3 is 2.33 bits per heavy atom. The summed E-state index contributed by atoms with van der Waals surface area (Å²) < 4.78 is 48.0. The van der Waals surface area contributed by atoms with Gasteiger partial charge >= 0.3 is 12.3 Å². The van der Waals surface area contributed by atoms with E-state index in [1.807, 2.05) is 27.5 Å². The van der Waals surface area contributed by atoms with Gasteiger partial charge in [0.1, 0.15) is 5.60 Å². The summed E-state index contributed by atoms with van der Waals surface area (Å²) in [6, 6.07) is 8.65. The van der Waals surface area contributed by atoms with Crippen LogP contribution in [0.5, 0.6) is 0 Å². The molecule has 2 N–H and O–H groups in total. The van der Waals surface area contributed by atoms with Crippen molar-refractivity contribution in [3.05, 3.63) is 72.7 Å². The zero-order chi connectivity index (χ0) is 30.9. The standard InChI is InChI=1S/C28H35F3IN7O3/c1-27(2,3)42-26(41)34-9-4-10-38-11-13-39(14-12-38)18-21-7-8-22(16-23(21)28(29,30)31)36-25(40)19-5-6-20(17-35-37-33)24(32)15-19/h5-8,15-16H,4,9-14,17-18H2,1-3H3,(H,34,41)(H,36,40). The number of piperazine rings is 1. The lowest BCUT2D eigenvalue weighted by Gasteiger charge is -2.35. The molecule has 0 aromatic heterocycles. The van der Waals surface area contributed by atoms with Gasteiger partial charge in [-0.2, -0.15) is 13.2 Å². The Hall–Kier alpha value is -3.07. The van der Waals surface area contributed by atoms with Crippen LogP contribution < -0.4 is 10.6 Å². The number of halogens is 4. The highest BCUT2D eigenvalue weighted by molar-refractivity contribution is 14.1. The van der Waals surface area contributed by atoms with Crippen LogP contribution in [-0.2, 0) is 24.0 Å². The number of hydrogen-bond acceptors (Lipinski definition) is 6. The van der Waals surface area contributed by atoms with Gasteiger partial charge in [0.15, 0.2) is 0 Å². The van der Waals surface area contributed by atoms with E-state index in [1.165, 1.54) is 18.2 Å². The predicted octanol–water partition coefficient (Wildman–Crippen LogP) is 6.41. The molecular formula is C28H35F3IN7O3. The monoisotopic (exact) mass is 701 g/mol. The van der Waals surface area contributed by atoms with Gasteiger partial charge in [0, 0.05) is 59.0 Å². The first kappa shape index (κ1) is 33.4.